The fourth-order valence-electron chi connectivity index (χ4n) is 2.81. The van der Waals surface area contributed by atoms with Crippen molar-refractivity contribution in [3.05, 3.63) is 30.1 Å². The maximum absolute atomic E-state index is 6.15. The van der Waals surface area contributed by atoms with E-state index in [-0.39, 0.29) is 0 Å². The average molecular weight is 347 g/mol. The Bertz CT molecular complexity index is 831. The van der Waals surface area contributed by atoms with Crippen molar-refractivity contribution >= 4 is 39.4 Å². The molecule has 2 heterocycles. The fourth-order valence-corrected chi connectivity index (χ4v) is 3.00. The molecule has 0 spiro atoms. The molecule has 0 atom stereocenters. The van der Waals surface area contributed by atoms with Gasteiger partial charge in [0.05, 0.1) is 5.52 Å². The quantitative estimate of drug-likeness (QED) is 0.495. The smallest absolute Gasteiger partial charge is 0.152 e. The van der Waals surface area contributed by atoms with Gasteiger partial charge in [-0.1, -0.05) is 31.5 Å². The zero-order valence-corrected chi connectivity index (χ0v) is 14.7. The molecule has 0 radical (unpaired) electrons. The van der Waals surface area contributed by atoms with Crippen LogP contribution in [0.15, 0.2) is 24.3 Å². The Hall–Kier alpha value is -2.01. The molecule has 0 aliphatic heterocycles. The van der Waals surface area contributed by atoms with E-state index >= 15 is 0 Å². The number of nitrogen functional groups attached to an aromatic ring is 1. The molecule has 3 aromatic rings. The van der Waals surface area contributed by atoms with Crippen LogP contribution < -0.4 is 10.6 Å². The maximum Gasteiger partial charge on any atom is 0.152 e. The summed E-state index contributed by atoms with van der Waals surface area (Å²) in [7, 11) is 0. The molecular formula is C18H23ClN4O. The lowest BCUT2D eigenvalue weighted by Crippen LogP contribution is -2.16. The Labute approximate surface area is 146 Å². The molecule has 2 N–H and O–H groups in total. The third kappa shape index (κ3) is 3.26. The van der Waals surface area contributed by atoms with Gasteiger partial charge in [-0.3, -0.25) is 0 Å². The maximum atomic E-state index is 6.15. The minimum Gasteiger partial charge on any atom is -0.412 e. The molecule has 0 aliphatic rings. The SMILES string of the molecule is CCCCc1nc2c(N)nc3ccccc3c2n1OCCCCCl. The summed E-state index contributed by atoms with van der Waals surface area (Å²) in [6, 6.07) is 7.95. The molecule has 128 valence electrons. The molecular weight excluding hydrogens is 324 g/mol. The number of halogens is 1. The summed E-state index contributed by atoms with van der Waals surface area (Å²) in [6.07, 6.45) is 4.86. The summed E-state index contributed by atoms with van der Waals surface area (Å²) in [5.74, 6) is 2.00. The number of imidazole rings is 1. The van der Waals surface area contributed by atoms with E-state index in [4.69, 9.17) is 27.2 Å². The summed E-state index contributed by atoms with van der Waals surface area (Å²) in [6.45, 7) is 2.77. The lowest BCUT2D eigenvalue weighted by Gasteiger charge is -2.12. The van der Waals surface area contributed by atoms with Gasteiger partial charge in [-0.15, -0.1) is 11.6 Å². The number of para-hydroxylation sites is 1. The predicted molar refractivity (Wildman–Crippen MR) is 99.5 cm³/mol. The molecule has 0 bridgehead atoms. The van der Waals surface area contributed by atoms with Gasteiger partial charge in [0, 0.05) is 17.7 Å². The lowest BCUT2D eigenvalue weighted by atomic mass is 10.2. The Morgan fingerprint density at radius 3 is 2.79 bits per heavy atom. The van der Waals surface area contributed by atoms with Crippen molar-refractivity contribution < 1.29 is 4.84 Å². The Kier molecular flexibility index (Phi) is 5.41. The summed E-state index contributed by atoms with van der Waals surface area (Å²) in [5.41, 5.74) is 8.64. The number of unbranched alkanes of at least 4 members (excludes halogenated alkanes) is 2. The molecule has 1 aromatic carbocycles. The number of benzene rings is 1. The van der Waals surface area contributed by atoms with Crippen LogP contribution in [0, 0.1) is 0 Å². The van der Waals surface area contributed by atoms with E-state index in [1.165, 1.54) is 0 Å². The minimum absolute atomic E-state index is 0.449. The first-order chi connectivity index (χ1) is 11.8. The molecule has 2 aromatic heterocycles. The molecule has 0 amide bonds. The van der Waals surface area contributed by atoms with Crippen LogP contribution in [0.3, 0.4) is 0 Å². The van der Waals surface area contributed by atoms with Crippen LogP contribution in [0.25, 0.3) is 21.9 Å². The minimum atomic E-state index is 0.449. The number of pyridine rings is 1. The number of alkyl halides is 1. The average Bonchev–Trinajstić information content (AvgIpc) is 2.96. The van der Waals surface area contributed by atoms with Crippen molar-refractivity contribution in [2.45, 2.75) is 39.0 Å². The number of aromatic nitrogens is 3. The van der Waals surface area contributed by atoms with E-state index in [0.717, 1.165) is 59.9 Å². The second kappa shape index (κ2) is 7.71. The highest BCUT2D eigenvalue weighted by atomic mass is 35.5. The van der Waals surface area contributed by atoms with E-state index in [2.05, 4.69) is 11.9 Å². The van der Waals surface area contributed by atoms with Gasteiger partial charge in [0.2, 0.25) is 0 Å². The highest BCUT2D eigenvalue weighted by Crippen LogP contribution is 2.28. The van der Waals surface area contributed by atoms with Gasteiger partial charge in [0.15, 0.2) is 5.82 Å². The standard InChI is InChI=1S/C18H23ClN4O/c1-2-3-10-15-22-16-17(23(15)24-12-7-6-11-19)13-8-4-5-9-14(13)21-18(16)20/h4-5,8-9H,2-3,6-7,10-12H2,1H3,(H2,20,21). The molecule has 3 rings (SSSR count). The first-order valence-corrected chi connectivity index (χ1v) is 9.04. The third-order valence-electron chi connectivity index (χ3n) is 4.05. The molecule has 0 unspecified atom stereocenters. The van der Waals surface area contributed by atoms with E-state index in [9.17, 15) is 0 Å². The van der Waals surface area contributed by atoms with Gasteiger partial charge in [0.1, 0.15) is 23.5 Å². The van der Waals surface area contributed by atoms with E-state index in [0.29, 0.717) is 18.3 Å². The van der Waals surface area contributed by atoms with Crippen molar-refractivity contribution in [3.8, 4) is 0 Å². The van der Waals surface area contributed by atoms with Crippen LogP contribution in [0.2, 0.25) is 0 Å². The Morgan fingerprint density at radius 1 is 1.17 bits per heavy atom. The van der Waals surface area contributed by atoms with E-state index in [1.807, 2.05) is 29.0 Å². The molecule has 24 heavy (non-hydrogen) atoms. The lowest BCUT2D eigenvalue weighted by molar-refractivity contribution is 0.110. The first kappa shape index (κ1) is 16.8. The summed E-state index contributed by atoms with van der Waals surface area (Å²) >= 11 is 5.76. The van der Waals surface area contributed by atoms with Gasteiger partial charge in [0.25, 0.3) is 0 Å². The molecule has 0 saturated heterocycles. The molecule has 0 saturated carbocycles. The zero-order valence-electron chi connectivity index (χ0n) is 14.0. The first-order valence-electron chi connectivity index (χ1n) is 8.51. The van der Waals surface area contributed by atoms with Crippen LogP contribution in [0.1, 0.15) is 38.4 Å². The number of fused-ring (bicyclic) bond motifs is 3. The number of anilines is 1. The molecule has 6 heteroatoms. The van der Waals surface area contributed by atoms with Gasteiger partial charge >= 0.3 is 0 Å². The van der Waals surface area contributed by atoms with Crippen molar-refractivity contribution in [2.75, 3.05) is 18.2 Å². The zero-order chi connectivity index (χ0) is 16.9. The van der Waals surface area contributed by atoms with E-state index < -0.39 is 0 Å². The highest BCUT2D eigenvalue weighted by Gasteiger charge is 2.18. The van der Waals surface area contributed by atoms with Crippen molar-refractivity contribution in [3.63, 3.8) is 0 Å². The summed E-state index contributed by atoms with van der Waals surface area (Å²) < 4.78 is 1.86. The van der Waals surface area contributed by atoms with E-state index in [1.54, 1.807) is 0 Å². The Balaban J connectivity index is 2.11. The van der Waals surface area contributed by atoms with Gasteiger partial charge in [-0.05, 0) is 25.3 Å². The van der Waals surface area contributed by atoms with Gasteiger partial charge in [-0.25, -0.2) is 9.97 Å². The molecule has 0 fully saturated rings. The number of nitrogens with zero attached hydrogens (tertiary/aromatic N) is 3. The van der Waals surface area contributed by atoms with Gasteiger partial charge < -0.3 is 10.6 Å². The van der Waals surface area contributed by atoms with Gasteiger partial charge in [-0.2, -0.15) is 4.73 Å². The summed E-state index contributed by atoms with van der Waals surface area (Å²) in [4.78, 5) is 15.3. The number of nitrogens with two attached hydrogens (primary N) is 1. The van der Waals surface area contributed by atoms with Crippen LogP contribution in [-0.4, -0.2) is 27.2 Å². The largest absolute Gasteiger partial charge is 0.412 e. The monoisotopic (exact) mass is 346 g/mol. The van der Waals surface area contributed by atoms with Crippen molar-refractivity contribution in [2.24, 2.45) is 0 Å². The van der Waals surface area contributed by atoms with Crippen LogP contribution in [0.4, 0.5) is 5.82 Å². The fraction of sp³-hybridized carbons (Fsp3) is 0.444. The number of hydrogen-bond donors (Lipinski definition) is 1. The Morgan fingerprint density at radius 2 is 2.00 bits per heavy atom. The second-order valence-corrected chi connectivity index (χ2v) is 6.24. The molecule has 5 nitrogen and oxygen atoms in total. The van der Waals surface area contributed by atoms with Crippen molar-refractivity contribution in [1.29, 1.82) is 0 Å². The van der Waals surface area contributed by atoms with Crippen LogP contribution >= 0.6 is 11.6 Å². The summed E-state index contributed by atoms with van der Waals surface area (Å²) in [5, 5.41) is 1.01. The number of rotatable bonds is 8. The number of aryl methyl sites for hydroxylation is 1. The second-order valence-electron chi connectivity index (χ2n) is 5.87. The third-order valence-corrected chi connectivity index (χ3v) is 4.31. The van der Waals surface area contributed by atoms with Crippen LogP contribution in [-0.2, 0) is 6.42 Å². The molecule has 0 aliphatic carbocycles. The highest BCUT2D eigenvalue weighted by molar-refractivity contribution is 6.17. The normalized spacial score (nSPS) is 11.4. The predicted octanol–water partition coefficient (Wildman–Crippen LogP) is 3.96. The number of hydrogen-bond acceptors (Lipinski definition) is 4. The van der Waals surface area contributed by atoms with Crippen LogP contribution in [0.5, 0.6) is 0 Å². The van der Waals surface area contributed by atoms with Crippen molar-refractivity contribution in [1.82, 2.24) is 14.7 Å². The topological polar surface area (TPSA) is 66.0 Å².